The number of aromatic amines is 1. The molecule has 0 aliphatic heterocycles. The van der Waals surface area contributed by atoms with Gasteiger partial charge in [0.1, 0.15) is 17.1 Å². The van der Waals surface area contributed by atoms with Crippen molar-refractivity contribution in [1.82, 2.24) is 15.0 Å². The van der Waals surface area contributed by atoms with Crippen LogP contribution < -0.4 is 9.47 Å². The summed E-state index contributed by atoms with van der Waals surface area (Å²) in [4.78, 5) is 11.8. The highest BCUT2D eigenvalue weighted by molar-refractivity contribution is 7.84. The number of fused-ring (bicyclic) bond motifs is 1. The molecular weight excluding hydrogens is 366 g/mol. The number of hydrogen-bond donors (Lipinski definition) is 2. The van der Waals surface area contributed by atoms with E-state index in [1.165, 1.54) is 7.11 Å². The van der Waals surface area contributed by atoms with Crippen molar-refractivity contribution < 1.29 is 18.8 Å². The van der Waals surface area contributed by atoms with Crippen molar-refractivity contribution in [2.24, 2.45) is 0 Å². The van der Waals surface area contributed by atoms with Crippen LogP contribution in [0.1, 0.15) is 32.0 Å². The van der Waals surface area contributed by atoms with Crippen LogP contribution in [0.15, 0.2) is 35.6 Å². The van der Waals surface area contributed by atoms with E-state index in [0.29, 0.717) is 27.7 Å². The lowest BCUT2D eigenvalue weighted by molar-refractivity contribution is 0.131. The topological polar surface area (TPSA) is 97.3 Å². The fraction of sp³-hybridized carbons (Fsp3) is 0.368. The summed E-state index contributed by atoms with van der Waals surface area (Å²) < 4.78 is 24.0. The normalized spacial score (nSPS) is 12.9. The maximum Gasteiger partial charge on any atom is 0.197 e. The van der Waals surface area contributed by atoms with Crippen LogP contribution in [-0.2, 0) is 23.2 Å². The standard InChI is InChI=1S/C19H23N3O4S/c1-19(2,3)26-13-5-6-14-15(9-13)22-18(21-14)27(24)11-16-17(25-4)12(10-23)7-8-20-16/h5-9,23H,10-11H2,1-4H3,(H,21,22). The van der Waals surface area contributed by atoms with Crippen molar-refractivity contribution in [3.8, 4) is 11.5 Å². The van der Waals surface area contributed by atoms with Gasteiger partial charge in [-0.3, -0.25) is 9.19 Å². The highest BCUT2D eigenvalue weighted by Crippen LogP contribution is 2.26. The van der Waals surface area contributed by atoms with Gasteiger partial charge in [-0.05, 0) is 39.0 Å². The minimum atomic E-state index is -1.45. The summed E-state index contributed by atoms with van der Waals surface area (Å²) in [5.74, 6) is 1.29. The average molecular weight is 389 g/mol. The van der Waals surface area contributed by atoms with E-state index < -0.39 is 10.8 Å². The van der Waals surface area contributed by atoms with E-state index in [9.17, 15) is 9.32 Å². The zero-order valence-corrected chi connectivity index (χ0v) is 16.6. The second-order valence-corrected chi connectivity index (χ2v) is 8.40. The molecule has 27 heavy (non-hydrogen) atoms. The van der Waals surface area contributed by atoms with Gasteiger partial charge in [-0.1, -0.05) is 0 Å². The largest absolute Gasteiger partial charge is 0.494 e. The van der Waals surface area contributed by atoms with Gasteiger partial charge >= 0.3 is 0 Å². The number of aliphatic hydroxyl groups is 1. The molecule has 1 aromatic carbocycles. The molecule has 2 N–H and O–H groups in total. The van der Waals surface area contributed by atoms with E-state index in [1.54, 1.807) is 12.3 Å². The lowest BCUT2D eigenvalue weighted by Crippen LogP contribution is -2.22. The van der Waals surface area contributed by atoms with Crippen LogP contribution in [0.2, 0.25) is 0 Å². The third-order valence-electron chi connectivity index (χ3n) is 3.77. The predicted molar refractivity (Wildman–Crippen MR) is 103 cm³/mol. The Morgan fingerprint density at radius 1 is 1.26 bits per heavy atom. The number of H-pyrrole nitrogens is 1. The summed E-state index contributed by atoms with van der Waals surface area (Å²) >= 11 is 0. The van der Waals surface area contributed by atoms with Crippen molar-refractivity contribution in [2.75, 3.05) is 7.11 Å². The SMILES string of the molecule is COc1c(CO)ccnc1CS(=O)c1nc2ccc(OC(C)(C)C)cc2[nH]1. The van der Waals surface area contributed by atoms with Gasteiger partial charge in [0.2, 0.25) is 0 Å². The summed E-state index contributed by atoms with van der Waals surface area (Å²) in [7, 11) is 0.0541. The number of benzene rings is 1. The Morgan fingerprint density at radius 3 is 2.70 bits per heavy atom. The molecule has 0 saturated carbocycles. The van der Waals surface area contributed by atoms with E-state index in [1.807, 2.05) is 39.0 Å². The minimum Gasteiger partial charge on any atom is -0.494 e. The van der Waals surface area contributed by atoms with E-state index in [4.69, 9.17) is 9.47 Å². The number of nitrogens with one attached hydrogen (secondary N) is 1. The first-order valence-corrected chi connectivity index (χ1v) is 9.81. The molecule has 1 atom stereocenters. The molecule has 3 aromatic rings. The highest BCUT2D eigenvalue weighted by atomic mass is 32.2. The molecule has 0 bridgehead atoms. The van der Waals surface area contributed by atoms with Gasteiger partial charge < -0.3 is 19.6 Å². The molecule has 144 valence electrons. The van der Waals surface area contributed by atoms with Gasteiger partial charge in [0.25, 0.3) is 0 Å². The Morgan fingerprint density at radius 2 is 2.04 bits per heavy atom. The van der Waals surface area contributed by atoms with Gasteiger partial charge in [-0.25, -0.2) is 4.98 Å². The fourth-order valence-electron chi connectivity index (χ4n) is 2.70. The Hall–Kier alpha value is -2.45. The van der Waals surface area contributed by atoms with E-state index >= 15 is 0 Å². The molecule has 0 amide bonds. The van der Waals surface area contributed by atoms with Gasteiger partial charge in [0.15, 0.2) is 5.16 Å². The van der Waals surface area contributed by atoms with Crippen LogP contribution in [0, 0.1) is 0 Å². The van der Waals surface area contributed by atoms with E-state index in [-0.39, 0.29) is 18.0 Å². The molecule has 0 spiro atoms. The zero-order chi connectivity index (χ0) is 19.6. The number of ether oxygens (including phenoxy) is 2. The Balaban J connectivity index is 1.86. The predicted octanol–water partition coefficient (Wildman–Crippen LogP) is 2.94. The third kappa shape index (κ3) is 4.45. The number of aromatic nitrogens is 3. The summed E-state index contributed by atoms with van der Waals surface area (Å²) in [6.07, 6.45) is 1.56. The summed E-state index contributed by atoms with van der Waals surface area (Å²) in [6.45, 7) is 5.76. The number of hydrogen-bond acceptors (Lipinski definition) is 6. The van der Waals surface area contributed by atoms with Crippen molar-refractivity contribution in [1.29, 1.82) is 0 Å². The number of methoxy groups -OCH3 is 1. The number of pyridine rings is 1. The van der Waals surface area contributed by atoms with Gasteiger partial charge in [0.05, 0.1) is 47.0 Å². The van der Waals surface area contributed by atoms with Gasteiger partial charge in [0, 0.05) is 17.8 Å². The molecule has 8 heteroatoms. The maximum absolute atomic E-state index is 12.8. The van der Waals surface area contributed by atoms with Gasteiger partial charge in [-0.15, -0.1) is 0 Å². The molecule has 2 heterocycles. The molecule has 0 radical (unpaired) electrons. The van der Waals surface area contributed by atoms with Gasteiger partial charge in [-0.2, -0.15) is 0 Å². The van der Waals surface area contributed by atoms with Crippen LogP contribution in [-0.4, -0.2) is 37.0 Å². The lowest BCUT2D eigenvalue weighted by Gasteiger charge is -2.21. The Kier molecular flexibility index (Phi) is 5.48. The second kappa shape index (κ2) is 7.66. The molecular formula is C19H23N3O4S. The first kappa shape index (κ1) is 19.3. The number of nitrogens with zero attached hydrogens (tertiary/aromatic N) is 2. The molecule has 0 aliphatic rings. The third-order valence-corrected chi connectivity index (χ3v) is 4.93. The first-order valence-electron chi connectivity index (χ1n) is 8.49. The van der Waals surface area contributed by atoms with Crippen LogP contribution in [0.5, 0.6) is 11.5 Å². The summed E-state index contributed by atoms with van der Waals surface area (Å²) in [5.41, 5.74) is 2.28. The Labute approximate surface area is 160 Å². The van der Waals surface area contributed by atoms with Crippen molar-refractivity contribution in [3.63, 3.8) is 0 Å². The monoisotopic (exact) mass is 389 g/mol. The second-order valence-electron chi connectivity index (χ2n) is 7.03. The average Bonchev–Trinajstić information content (AvgIpc) is 3.03. The number of imidazole rings is 1. The van der Waals surface area contributed by atoms with E-state index in [0.717, 1.165) is 11.3 Å². The minimum absolute atomic E-state index is 0.127. The first-order chi connectivity index (χ1) is 12.8. The van der Waals surface area contributed by atoms with E-state index in [2.05, 4.69) is 15.0 Å². The van der Waals surface area contributed by atoms with Crippen molar-refractivity contribution in [3.05, 3.63) is 41.7 Å². The summed E-state index contributed by atoms with van der Waals surface area (Å²) in [5, 5.41) is 9.77. The molecule has 2 aromatic heterocycles. The summed E-state index contributed by atoms with van der Waals surface area (Å²) in [6, 6.07) is 7.19. The highest BCUT2D eigenvalue weighted by Gasteiger charge is 2.18. The molecule has 7 nitrogen and oxygen atoms in total. The fourth-order valence-corrected chi connectivity index (χ4v) is 3.71. The molecule has 0 saturated heterocycles. The van der Waals surface area contributed by atoms with Crippen LogP contribution in [0.25, 0.3) is 11.0 Å². The van der Waals surface area contributed by atoms with Crippen LogP contribution >= 0.6 is 0 Å². The lowest BCUT2D eigenvalue weighted by atomic mass is 10.2. The Bertz CT molecular complexity index is 979. The number of rotatable bonds is 6. The van der Waals surface area contributed by atoms with Crippen LogP contribution in [0.4, 0.5) is 0 Å². The smallest absolute Gasteiger partial charge is 0.197 e. The molecule has 3 rings (SSSR count). The van der Waals surface area contributed by atoms with Crippen molar-refractivity contribution >= 4 is 21.8 Å². The molecule has 0 aliphatic carbocycles. The quantitative estimate of drug-likeness (QED) is 0.673. The zero-order valence-electron chi connectivity index (χ0n) is 15.8. The molecule has 1 unspecified atom stereocenters. The van der Waals surface area contributed by atoms with Crippen LogP contribution in [0.3, 0.4) is 0 Å². The number of aliphatic hydroxyl groups excluding tert-OH is 1. The molecule has 0 fully saturated rings. The maximum atomic E-state index is 12.8. The van der Waals surface area contributed by atoms with Crippen molar-refractivity contribution in [2.45, 2.75) is 43.9 Å².